The molecule has 0 bridgehead atoms. The number of rotatable bonds is 4. The van der Waals surface area contributed by atoms with Crippen LogP contribution in [0.15, 0.2) is 30.3 Å². The number of carbonyl (C=O) groups excluding carboxylic acids is 1. The molecule has 1 aliphatic rings. The second-order valence-corrected chi connectivity index (χ2v) is 5.86. The third-order valence-electron chi connectivity index (χ3n) is 4.42. The molecule has 1 N–H and O–H groups in total. The molecule has 1 aromatic carbocycles. The summed E-state index contributed by atoms with van der Waals surface area (Å²) in [6.07, 6.45) is 1.02. The topological polar surface area (TPSA) is 32.3 Å². The van der Waals surface area contributed by atoms with Crippen molar-refractivity contribution in [3.05, 3.63) is 35.9 Å². The predicted octanol–water partition coefficient (Wildman–Crippen LogP) is 2.64. The van der Waals surface area contributed by atoms with Gasteiger partial charge < -0.3 is 10.2 Å². The Morgan fingerprint density at radius 3 is 2.70 bits per heavy atom. The summed E-state index contributed by atoms with van der Waals surface area (Å²) >= 11 is 0. The van der Waals surface area contributed by atoms with Crippen molar-refractivity contribution in [1.29, 1.82) is 0 Å². The highest BCUT2D eigenvalue weighted by Crippen LogP contribution is 2.29. The lowest BCUT2D eigenvalue weighted by Crippen LogP contribution is -2.54. The Bertz CT molecular complexity index is 432. The second kappa shape index (κ2) is 6.89. The zero-order chi connectivity index (χ0) is 14.5. The van der Waals surface area contributed by atoms with E-state index in [-0.39, 0.29) is 12.0 Å². The molecule has 1 aromatic rings. The molecule has 1 saturated heterocycles. The highest BCUT2D eigenvalue weighted by Gasteiger charge is 2.32. The summed E-state index contributed by atoms with van der Waals surface area (Å²) in [7, 11) is 0. The minimum absolute atomic E-state index is 0.0123. The highest BCUT2D eigenvalue weighted by molar-refractivity contribution is 5.84. The van der Waals surface area contributed by atoms with Crippen molar-refractivity contribution in [2.75, 3.05) is 19.6 Å². The van der Waals surface area contributed by atoms with Crippen molar-refractivity contribution < 1.29 is 4.79 Å². The number of carbonyl (C=O) groups is 1. The minimum Gasteiger partial charge on any atom is -0.337 e. The third-order valence-corrected chi connectivity index (χ3v) is 4.42. The van der Waals surface area contributed by atoms with Crippen molar-refractivity contribution >= 4 is 5.91 Å². The van der Waals surface area contributed by atoms with E-state index in [0.29, 0.717) is 11.8 Å². The van der Waals surface area contributed by atoms with Gasteiger partial charge in [0.15, 0.2) is 0 Å². The summed E-state index contributed by atoms with van der Waals surface area (Å²) in [5.74, 6) is 0.647. The molecule has 3 atom stereocenters. The first-order chi connectivity index (χ1) is 9.65. The van der Waals surface area contributed by atoms with Gasteiger partial charge in [-0.3, -0.25) is 4.79 Å². The fourth-order valence-corrected chi connectivity index (χ4v) is 2.96. The maximum atomic E-state index is 13.0. The number of piperazine rings is 1. The Hall–Kier alpha value is -1.35. The number of hydrogen-bond donors (Lipinski definition) is 1. The second-order valence-electron chi connectivity index (χ2n) is 5.86. The third kappa shape index (κ3) is 3.21. The molecule has 1 heterocycles. The summed E-state index contributed by atoms with van der Waals surface area (Å²) in [4.78, 5) is 15.1. The molecule has 1 fully saturated rings. The van der Waals surface area contributed by atoms with E-state index in [4.69, 9.17) is 0 Å². The van der Waals surface area contributed by atoms with Crippen molar-refractivity contribution in [2.45, 2.75) is 39.2 Å². The number of nitrogens with zero attached hydrogens (tertiary/aromatic N) is 1. The van der Waals surface area contributed by atoms with Gasteiger partial charge in [-0.05, 0) is 18.4 Å². The Kier molecular flexibility index (Phi) is 5.18. The van der Waals surface area contributed by atoms with Crippen LogP contribution in [0, 0.1) is 5.92 Å². The predicted molar refractivity (Wildman–Crippen MR) is 82.7 cm³/mol. The fraction of sp³-hybridized carbons (Fsp3) is 0.588. The Morgan fingerprint density at radius 2 is 2.10 bits per heavy atom. The normalized spacial score (nSPS) is 22.4. The first kappa shape index (κ1) is 15.0. The van der Waals surface area contributed by atoms with Gasteiger partial charge in [0.05, 0.1) is 5.92 Å². The van der Waals surface area contributed by atoms with Crippen molar-refractivity contribution in [1.82, 2.24) is 10.2 Å². The zero-order valence-corrected chi connectivity index (χ0v) is 12.8. The number of hydrogen-bond acceptors (Lipinski definition) is 2. The lowest BCUT2D eigenvalue weighted by Gasteiger charge is -2.37. The molecule has 0 aliphatic carbocycles. The van der Waals surface area contributed by atoms with Crippen LogP contribution < -0.4 is 5.32 Å². The molecule has 1 amide bonds. The molecule has 3 nitrogen and oxygen atoms in total. The number of nitrogens with one attached hydrogen (secondary N) is 1. The van der Waals surface area contributed by atoms with Gasteiger partial charge in [0.1, 0.15) is 0 Å². The quantitative estimate of drug-likeness (QED) is 0.915. The summed E-state index contributed by atoms with van der Waals surface area (Å²) in [6.45, 7) is 9.09. The van der Waals surface area contributed by atoms with Crippen molar-refractivity contribution in [3.63, 3.8) is 0 Å². The molecule has 3 heteroatoms. The zero-order valence-electron chi connectivity index (χ0n) is 12.8. The van der Waals surface area contributed by atoms with E-state index < -0.39 is 0 Å². The van der Waals surface area contributed by atoms with E-state index in [1.54, 1.807) is 0 Å². The highest BCUT2D eigenvalue weighted by atomic mass is 16.2. The maximum absolute atomic E-state index is 13.0. The molecular formula is C17H26N2O. The van der Waals surface area contributed by atoms with Crippen LogP contribution >= 0.6 is 0 Å². The molecule has 3 unspecified atom stereocenters. The lowest BCUT2D eigenvalue weighted by molar-refractivity contribution is -0.136. The summed E-state index contributed by atoms with van der Waals surface area (Å²) in [5, 5.41) is 3.35. The number of amides is 1. The van der Waals surface area contributed by atoms with E-state index >= 15 is 0 Å². The lowest BCUT2D eigenvalue weighted by atomic mass is 9.84. The molecular weight excluding hydrogens is 248 g/mol. The average molecular weight is 274 g/mol. The molecule has 0 radical (unpaired) electrons. The largest absolute Gasteiger partial charge is 0.337 e. The molecule has 0 aromatic heterocycles. The molecule has 2 rings (SSSR count). The van der Waals surface area contributed by atoms with Crippen LogP contribution in [0.25, 0.3) is 0 Å². The Balaban J connectivity index is 2.24. The molecule has 1 aliphatic heterocycles. The van der Waals surface area contributed by atoms with Crippen LogP contribution in [0.5, 0.6) is 0 Å². The van der Waals surface area contributed by atoms with Crippen molar-refractivity contribution in [3.8, 4) is 0 Å². The van der Waals surface area contributed by atoms with Crippen LogP contribution in [0.4, 0.5) is 0 Å². The summed E-state index contributed by atoms with van der Waals surface area (Å²) in [6, 6.07) is 10.5. The molecule has 110 valence electrons. The maximum Gasteiger partial charge on any atom is 0.230 e. The first-order valence-corrected chi connectivity index (χ1v) is 7.71. The molecule has 0 saturated carbocycles. The van der Waals surface area contributed by atoms with Gasteiger partial charge in [0, 0.05) is 25.7 Å². The SMILES string of the molecule is CCC(C)C(C(=O)N1CCNCC1C)c1ccccc1. The van der Waals surface area contributed by atoms with E-state index in [0.717, 1.165) is 31.6 Å². The average Bonchev–Trinajstić information content (AvgIpc) is 2.48. The summed E-state index contributed by atoms with van der Waals surface area (Å²) in [5.41, 5.74) is 1.15. The van der Waals surface area contributed by atoms with Crippen LogP contribution in [-0.4, -0.2) is 36.5 Å². The minimum atomic E-state index is -0.0123. The van der Waals surface area contributed by atoms with Crippen LogP contribution in [0.3, 0.4) is 0 Å². The molecule has 20 heavy (non-hydrogen) atoms. The van der Waals surface area contributed by atoms with E-state index in [1.165, 1.54) is 0 Å². The van der Waals surface area contributed by atoms with Crippen LogP contribution in [0.1, 0.15) is 38.7 Å². The van der Waals surface area contributed by atoms with Crippen LogP contribution in [0.2, 0.25) is 0 Å². The van der Waals surface area contributed by atoms with Gasteiger partial charge >= 0.3 is 0 Å². The monoisotopic (exact) mass is 274 g/mol. The fourth-order valence-electron chi connectivity index (χ4n) is 2.96. The number of benzene rings is 1. The van der Waals surface area contributed by atoms with E-state index in [9.17, 15) is 4.79 Å². The standard InChI is InChI=1S/C17H26N2O/c1-4-13(2)16(15-8-6-5-7-9-15)17(20)19-11-10-18-12-14(19)3/h5-9,13-14,16,18H,4,10-12H2,1-3H3. The molecule has 0 spiro atoms. The van der Waals surface area contributed by atoms with Gasteiger partial charge in [-0.1, -0.05) is 50.6 Å². The van der Waals surface area contributed by atoms with Gasteiger partial charge in [-0.25, -0.2) is 0 Å². The van der Waals surface area contributed by atoms with E-state index in [1.807, 2.05) is 18.2 Å². The van der Waals surface area contributed by atoms with Gasteiger partial charge in [0.25, 0.3) is 0 Å². The van der Waals surface area contributed by atoms with Crippen LogP contribution in [-0.2, 0) is 4.79 Å². The Morgan fingerprint density at radius 1 is 1.40 bits per heavy atom. The van der Waals surface area contributed by atoms with E-state index in [2.05, 4.69) is 43.1 Å². The first-order valence-electron chi connectivity index (χ1n) is 7.71. The smallest absolute Gasteiger partial charge is 0.230 e. The summed E-state index contributed by atoms with van der Waals surface area (Å²) < 4.78 is 0. The van der Waals surface area contributed by atoms with Gasteiger partial charge in [-0.2, -0.15) is 0 Å². The Labute approximate surface area is 122 Å². The van der Waals surface area contributed by atoms with Gasteiger partial charge in [0.2, 0.25) is 5.91 Å². The van der Waals surface area contributed by atoms with Crippen molar-refractivity contribution in [2.24, 2.45) is 5.92 Å². The van der Waals surface area contributed by atoms with Gasteiger partial charge in [-0.15, -0.1) is 0 Å².